The fourth-order valence-corrected chi connectivity index (χ4v) is 11.4. The molecule has 15 nitrogen and oxygen atoms in total. The van der Waals surface area contributed by atoms with Crippen molar-refractivity contribution in [3.8, 4) is 5.88 Å². The summed E-state index contributed by atoms with van der Waals surface area (Å²) in [6.07, 6.45) is -2.47. The van der Waals surface area contributed by atoms with Gasteiger partial charge in [-0.1, -0.05) is 6.07 Å². The minimum absolute atomic E-state index is 0.133. The molecule has 0 spiro atoms. The van der Waals surface area contributed by atoms with Crippen LogP contribution < -0.4 is 41.3 Å². The van der Waals surface area contributed by atoms with E-state index >= 15 is 8.78 Å². The Bertz CT molecular complexity index is 2080. The first kappa shape index (κ1) is 44.7. The number of aromatic nitrogens is 2. The van der Waals surface area contributed by atoms with Crippen LogP contribution in [0.3, 0.4) is 0 Å². The number of amides is 4. The van der Waals surface area contributed by atoms with E-state index < -0.39 is 141 Å². The molecule has 4 aliphatic rings. The van der Waals surface area contributed by atoms with Gasteiger partial charge in [-0.15, -0.1) is 0 Å². The number of nitrogens with zero attached hydrogens (tertiary/aromatic N) is 3. The Morgan fingerprint density at radius 3 is 2.42 bits per heavy atom. The first-order valence-electron chi connectivity index (χ1n) is 19.4. The van der Waals surface area contributed by atoms with Gasteiger partial charge in [-0.25, -0.2) is 0 Å². The Labute approximate surface area is 349 Å². The summed E-state index contributed by atoms with van der Waals surface area (Å²) in [6.45, 7) is 6.10. The van der Waals surface area contributed by atoms with Crippen molar-refractivity contribution >= 4 is 44.9 Å². The quantitative estimate of drug-likeness (QED) is 0.0808. The van der Waals surface area contributed by atoms with E-state index in [1.165, 1.54) is 12.1 Å². The molecule has 2 aromatic rings. The monoisotopic (exact) mass is 967 g/mol. The number of benzene rings is 1. The zero-order valence-electron chi connectivity index (χ0n) is 32.9. The van der Waals surface area contributed by atoms with Crippen LogP contribution in [0.5, 0.6) is 5.88 Å². The number of hydrogen-bond acceptors (Lipinski definition) is 11. The molecule has 6 rings (SSSR count). The third kappa shape index (κ3) is 10.2. The summed E-state index contributed by atoms with van der Waals surface area (Å²) in [4.78, 5) is 65.4. The number of alkyl carbamates (subject to hydrolysis) is 1. The number of rotatable bonds is 9. The normalized spacial score (nSPS) is 29.4. The Morgan fingerprint density at radius 1 is 1.07 bits per heavy atom. The van der Waals surface area contributed by atoms with E-state index in [2.05, 4.69) is 20.6 Å². The number of halogens is 5. The summed E-state index contributed by atoms with van der Waals surface area (Å²) in [5.74, 6) is -8.03. The molecular weight excluding hydrogens is 919 g/mol. The van der Waals surface area contributed by atoms with Gasteiger partial charge in [0.15, 0.2) is 0 Å². The summed E-state index contributed by atoms with van der Waals surface area (Å²) in [5.41, 5.74) is -1.55. The third-order valence-corrected chi connectivity index (χ3v) is 15.7. The van der Waals surface area contributed by atoms with Crippen molar-refractivity contribution in [1.29, 1.82) is 0 Å². The van der Waals surface area contributed by atoms with Crippen LogP contribution in [0.15, 0.2) is 36.4 Å². The SMILES string of the molecule is CCCCCS(=O)(=O)NC(=O)[C@@]1(NC(=O)[C@@H]2C[C@@H]3CN2C(=O)[C@H](C(C)(C)C)NC(=O)O[C@@H]2CCC[C@H]2OC/C=C/C(F)(F)c2nc4ccccc4nc2O3)[I-]C1C(F)F. The second-order valence-electron chi connectivity index (χ2n) is 16.1. The number of nitrogens with one attached hydrogen (secondary N) is 3. The van der Waals surface area contributed by atoms with Gasteiger partial charge < -0.3 is 4.74 Å². The number of fused-ring (bicyclic) bond motifs is 5. The number of para-hydroxylation sites is 2. The molecule has 2 bridgehead atoms. The standard InChI is InChI=1S/C38H48F4IN6O9S/c1-5-6-9-18-59(54,55)48-34(52)38(27(43-38)30(39)40)47-31(50)24-19-21-20-49(24)33(51)29(36(2,3)4)46-35(53)58-26-15-10-14-25(26)56-17-11-16-37(41,42)28-32(57-21)45-23-13-8-7-12-22(23)44-28/h7-8,11-13,16,21,24-27,29-30H,5-6,9-10,14-15,17-20H2,1-4H3,(H,46,53)(H,47,50)(H,48,52)/q-1/b16-11+/t21-,24+,25-,26-,27?,29-,38-/m1/s1. The zero-order valence-corrected chi connectivity index (χ0v) is 35.9. The molecule has 2 saturated heterocycles. The summed E-state index contributed by atoms with van der Waals surface area (Å²) in [6, 6.07) is 3.30. The van der Waals surface area contributed by atoms with Crippen molar-refractivity contribution in [2.24, 2.45) is 5.41 Å². The van der Waals surface area contributed by atoms with Crippen LogP contribution in [0.4, 0.5) is 22.4 Å². The predicted molar refractivity (Wildman–Crippen MR) is 199 cm³/mol. The van der Waals surface area contributed by atoms with E-state index in [1.54, 1.807) is 32.9 Å². The first-order valence-corrected chi connectivity index (χ1v) is 23.4. The van der Waals surface area contributed by atoms with Gasteiger partial charge in [-0.3, -0.25) is 0 Å². The molecule has 326 valence electrons. The molecule has 1 saturated carbocycles. The molecule has 1 aliphatic carbocycles. The number of carbonyl (C=O) groups excluding carboxylic acids is 4. The van der Waals surface area contributed by atoms with Gasteiger partial charge in [0.1, 0.15) is 0 Å². The van der Waals surface area contributed by atoms with Crippen LogP contribution in [-0.2, 0) is 39.8 Å². The molecule has 4 amide bonds. The topological polar surface area (TPSA) is 195 Å². The van der Waals surface area contributed by atoms with Crippen LogP contribution in [0.1, 0.15) is 78.3 Å². The molecule has 4 heterocycles. The maximum atomic E-state index is 16.1. The van der Waals surface area contributed by atoms with E-state index in [9.17, 15) is 36.4 Å². The van der Waals surface area contributed by atoms with E-state index in [4.69, 9.17) is 14.2 Å². The van der Waals surface area contributed by atoms with Gasteiger partial charge >= 0.3 is 321 Å². The van der Waals surface area contributed by atoms with Crippen LogP contribution in [0.25, 0.3) is 11.0 Å². The molecular formula is C38H48F4IN6O9S-. The van der Waals surface area contributed by atoms with E-state index in [0.29, 0.717) is 38.2 Å². The average molecular weight is 968 g/mol. The number of ether oxygens (including phenoxy) is 3. The summed E-state index contributed by atoms with van der Waals surface area (Å²) in [7, 11) is -4.25. The fraction of sp³-hybridized carbons (Fsp3) is 0.632. The summed E-state index contributed by atoms with van der Waals surface area (Å²) < 4.78 is 102. The second-order valence-corrected chi connectivity index (χ2v) is 21.6. The number of sulfonamides is 1. The second kappa shape index (κ2) is 17.6. The molecule has 3 fully saturated rings. The molecule has 59 heavy (non-hydrogen) atoms. The Hall–Kier alpha value is -3.86. The van der Waals surface area contributed by atoms with E-state index in [0.717, 1.165) is 11.0 Å². The molecule has 21 heteroatoms. The van der Waals surface area contributed by atoms with Gasteiger partial charge in [0.05, 0.1) is 6.61 Å². The maximum absolute atomic E-state index is 16.1. The number of alkyl halides is 6. The van der Waals surface area contributed by atoms with Gasteiger partial charge in [0.2, 0.25) is 0 Å². The minimum atomic E-state index is -4.25. The molecule has 0 radical (unpaired) electrons. The van der Waals surface area contributed by atoms with Crippen LogP contribution >= 0.6 is 0 Å². The molecule has 1 unspecified atom stereocenters. The third-order valence-electron chi connectivity index (χ3n) is 10.5. The molecule has 1 aromatic carbocycles. The van der Waals surface area contributed by atoms with Crippen LogP contribution in [0, 0.1) is 5.41 Å². The average Bonchev–Trinajstić information content (AvgIpc) is 3.48. The zero-order chi connectivity index (χ0) is 42.9. The molecule has 3 N–H and O–H groups in total. The Kier molecular flexibility index (Phi) is 13.3. The number of hydrogen-bond donors (Lipinski definition) is 3. The van der Waals surface area contributed by atoms with E-state index in [1.807, 2.05) is 11.6 Å². The molecule has 7 atom stereocenters. The Balaban J connectivity index is 1.38. The number of allylic oxidation sites excluding steroid dienone is 1. The van der Waals surface area contributed by atoms with Gasteiger partial charge in [-0.05, 0) is 12.8 Å². The van der Waals surface area contributed by atoms with Gasteiger partial charge in [-0.2, -0.15) is 0 Å². The van der Waals surface area contributed by atoms with E-state index in [-0.39, 0.29) is 24.1 Å². The van der Waals surface area contributed by atoms with Crippen molar-refractivity contribution < 1.29 is 80.6 Å². The number of carbonyl (C=O) groups is 4. The number of unbranched alkanes of at least 4 members (excludes halogenated alkanes) is 2. The van der Waals surface area contributed by atoms with Crippen molar-refractivity contribution in [2.45, 2.75) is 123 Å². The van der Waals surface area contributed by atoms with Crippen molar-refractivity contribution in [2.75, 3.05) is 18.9 Å². The molecule has 1 aromatic heterocycles. The Morgan fingerprint density at radius 2 is 1.76 bits per heavy atom. The van der Waals surface area contributed by atoms with Crippen LogP contribution in [-0.4, -0.2) is 110 Å². The molecule has 3 aliphatic heterocycles. The van der Waals surface area contributed by atoms with Gasteiger partial charge in [0.25, 0.3) is 0 Å². The van der Waals surface area contributed by atoms with Gasteiger partial charge in [0, 0.05) is 0 Å². The summed E-state index contributed by atoms with van der Waals surface area (Å²) in [5, 5.41) is 5.00. The van der Waals surface area contributed by atoms with Crippen molar-refractivity contribution in [1.82, 2.24) is 30.2 Å². The van der Waals surface area contributed by atoms with Crippen LogP contribution in [0.2, 0.25) is 0 Å². The van der Waals surface area contributed by atoms with Crippen molar-refractivity contribution in [3.05, 3.63) is 42.1 Å². The first-order chi connectivity index (χ1) is 27.7. The summed E-state index contributed by atoms with van der Waals surface area (Å²) >= 11 is -1.84. The van der Waals surface area contributed by atoms with Crippen molar-refractivity contribution in [3.63, 3.8) is 0 Å². The predicted octanol–water partition coefficient (Wildman–Crippen LogP) is 0.903. The fourth-order valence-electron chi connectivity index (χ4n) is 7.37.